The second-order valence-electron chi connectivity index (χ2n) is 7.88. The number of thioether (sulfide) groups is 1. The van der Waals surface area contributed by atoms with Crippen LogP contribution in [0.2, 0.25) is 0 Å². The normalized spacial score (nSPS) is 12.9. The van der Waals surface area contributed by atoms with Crippen molar-refractivity contribution < 1.29 is 19.1 Å². The SMILES string of the molecule is CCOC(=O)CSc1nnc(CCN2C(=O)c3cccc4cccc(c34)C2=O)n1-c1ccccc1. The number of para-hydroxylation sites is 1. The van der Waals surface area contributed by atoms with Crippen molar-refractivity contribution in [3.05, 3.63) is 83.7 Å². The molecule has 2 amide bonds. The number of aromatic nitrogens is 3. The van der Waals surface area contributed by atoms with Gasteiger partial charge in [-0.15, -0.1) is 10.2 Å². The maximum Gasteiger partial charge on any atom is 0.316 e. The summed E-state index contributed by atoms with van der Waals surface area (Å²) in [5, 5.41) is 10.7. The van der Waals surface area contributed by atoms with Gasteiger partial charge in [0.05, 0.1) is 12.4 Å². The van der Waals surface area contributed by atoms with Gasteiger partial charge in [0.2, 0.25) is 0 Å². The Labute approximate surface area is 205 Å². The van der Waals surface area contributed by atoms with Gasteiger partial charge in [-0.25, -0.2) is 0 Å². The average molecular weight is 487 g/mol. The number of carbonyl (C=O) groups is 3. The van der Waals surface area contributed by atoms with Crippen molar-refractivity contribution in [2.24, 2.45) is 0 Å². The van der Waals surface area contributed by atoms with E-state index < -0.39 is 0 Å². The molecule has 1 aliphatic heterocycles. The maximum atomic E-state index is 13.2. The molecule has 5 rings (SSSR count). The zero-order chi connectivity index (χ0) is 24.4. The van der Waals surface area contributed by atoms with E-state index in [-0.39, 0.29) is 30.1 Å². The van der Waals surface area contributed by atoms with Crippen LogP contribution in [0, 0.1) is 0 Å². The first-order valence-electron chi connectivity index (χ1n) is 11.2. The second kappa shape index (κ2) is 9.71. The Bertz CT molecular complexity index is 1380. The highest BCUT2D eigenvalue weighted by atomic mass is 32.2. The van der Waals surface area contributed by atoms with Crippen molar-refractivity contribution in [2.75, 3.05) is 18.9 Å². The third-order valence-electron chi connectivity index (χ3n) is 5.75. The highest BCUT2D eigenvalue weighted by Gasteiger charge is 2.32. The Hall–Kier alpha value is -3.98. The molecule has 35 heavy (non-hydrogen) atoms. The van der Waals surface area contributed by atoms with Gasteiger partial charge in [0.1, 0.15) is 5.82 Å². The molecular formula is C26H22N4O4S. The van der Waals surface area contributed by atoms with Crippen LogP contribution in [0.5, 0.6) is 0 Å². The van der Waals surface area contributed by atoms with Gasteiger partial charge >= 0.3 is 5.97 Å². The van der Waals surface area contributed by atoms with E-state index in [1.807, 2.05) is 59.2 Å². The number of amides is 2. The summed E-state index contributed by atoms with van der Waals surface area (Å²) in [7, 11) is 0. The van der Waals surface area contributed by atoms with Gasteiger partial charge in [-0.3, -0.25) is 23.9 Å². The molecule has 8 nitrogen and oxygen atoms in total. The first-order valence-corrected chi connectivity index (χ1v) is 12.2. The molecule has 0 atom stereocenters. The van der Waals surface area contributed by atoms with Crippen molar-refractivity contribution in [1.82, 2.24) is 19.7 Å². The zero-order valence-corrected chi connectivity index (χ0v) is 19.8. The van der Waals surface area contributed by atoms with E-state index in [4.69, 9.17) is 4.74 Å². The quantitative estimate of drug-likeness (QED) is 0.212. The maximum absolute atomic E-state index is 13.2. The minimum absolute atomic E-state index is 0.0999. The molecule has 0 N–H and O–H groups in total. The Morgan fingerprint density at radius 1 is 0.914 bits per heavy atom. The van der Waals surface area contributed by atoms with Crippen molar-refractivity contribution in [3.8, 4) is 5.69 Å². The van der Waals surface area contributed by atoms with Crippen LogP contribution in [-0.2, 0) is 16.0 Å². The third-order valence-corrected chi connectivity index (χ3v) is 6.66. The number of nitrogens with zero attached hydrogens (tertiary/aromatic N) is 4. The number of hydrogen-bond acceptors (Lipinski definition) is 7. The van der Waals surface area contributed by atoms with E-state index in [0.29, 0.717) is 40.5 Å². The van der Waals surface area contributed by atoms with Crippen LogP contribution in [0.1, 0.15) is 33.5 Å². The molecular weight excluding hydrogens is 464 g/mol. The van der Waals surface area contributed by atoms with Crippen molar-refractivity contribution in [2.45, 2.75) is 18.5 Å². The first-order chi connectivity index (χ1) is 17.1. The van der Waals surface area contributed by atoms with E-state index in [9.17, 15) is 14.4 Å². The molecule has 1 aliphatic rings. The largest absolute Gasteiger partial charge is 0.465 e. The molecule has 0 radical (unpaired) electrons. The lowest BCUT2D eigenvalue weighted by molar-refractivity contribution is -0.139. The second-order valence-corrected chi connectivity index (χ2v) is 8.83. The van der Waals surface area contributed by atoms with Crippen LogP contribution >= 0.6 is 11.8 Å². The highest BCUT2D eigenvalue weighted by molar-refractivity contribution is 7.99. The third kappa shape index (κ3) is 4.30. The standard InChI is InChI=1S/C26H22N4O4S/c1-2-34-22(31)16-35-26-28-27-21(30(26)18-10-4-3-5-11-18)14-15-29-24(32)19-12-6-8-17-9-7-13-20(23(17)19)25(29)33/h3-13H,2,14-16H2,1H3. The number of carbonyl (C=O) groups excluding carboxylic acids is 3. The summed E-state index contributed by atoms with van der Waals surface area (Å²) in [6.07, 6.45) is 0.303. The van der Waals surface area contributed by atoms with Gasteiger partial charge in [0.15, 0.2) is 5.16 Å². The Kier molecular flexibility index (Phi) is 6.33. The van der Waals surface area contributed by atoms with Gasteiger partial charge < -0.3 is 4.74 Å². The summed E-state index contributed by atoms with van der Waals surface area (Å²) in [4.78, 5) is 39.6. The lowest BCUT2D eigenvalue weighted by Gasteiger charge is -2.27. The van der Waals surface area contributed by atoms with E-state index in [1.165, 1.54) is 16.7 Å². The molecule has 176 valence electrons. The number of rotatable bonds is 8. The van der Waals surface area contributed by atoms with E-state index in [1.54, 1.807) is 19.1 Å². The molecule has 0 unspecified atom stereocenters. The smallest absolute Gasteiger partial charge is 0.316 e. The van der Waals surface area contributed by atoms with Gasteiger partial charge in [-0.2, -0.15) is 0 Å². The summed E-state index contributed by atoms with van der Waals surface area (Å²) in [6, 6.07) is 20.5. The summed E-state index contributed by atoms with van der Waals surface area (Å²) in [5.41, 5.74) is 1.87. The van der Waals surface area contributed by atoms with Crippen molar-refractivity contribution >= 4 is 40.3 Å². The fraction of sp³-hybridized carbons (Fsp3) is 0.192. The van der Waals surface area contributed by atoms with Gasteiger partial charge in [-0.1, -0.05) is 54.2 Å². The van der Waals surface area contributed by atoms with Crippen LogP contribution in [-0.4, -0.2) is 56.4 Å². The molecule has 9 heteroatoms. The minimum Gasteiger partial charge on any atom is -0.465 e. The van der Waals surface area contributed by atoms with E-state index >= 15 is 0 Å². The van der Waals surface area contributed by atoms with Crippen molar-refractivity contribution in [1.29, 1.82) is 0 Å². The lowest BCUT2D eigenvalue weighted by atomic mass is 9.94. The van der Waals surface area contributed by atoms with Crippen LogP contribution in [0.3, 0.4) is 0 Å². The van der Waals surface area contributed by atoms with E-state index in [2.05, 4.69) is 10.2 Å². The van der Waals surface area contributed by atoms with Gasteiger partial charge in [0, 0.05) is 35.2 Å². The minimum atomic E-state index is -0.334. The van der Waals surface area contributed by atoms with Crippen LogP contribution in [0.25, 0.3) is 16.5 Å². The van der Waals surface area contributed by atoms with Crippen LogP contribution < -0.4 is 0 Å². The zero-order valence-electron chi connectivity index (χ0n) is 19.0. The molecule has 0 saturated carbocycles. The molecule has 0 spiro atoms. The van der Waals surface area contributed by atoms with Crippen molar-refractivity contribution in [3.63, 3.8) is 0 Å². The number of ether oxygens (including phenoxy) is 1. The molecule has 0 aliphatic carbocycles. The lowest BCUT2D eigenvalue weighted by Crippen LogP contribution is -2.41. The molecule has 4 aromatic rings. The molecule has 1 aromatic heterocycles. The fourth-order valence-electron chi connectivity index (χ4n) is 4.21. The fourth-order valence-corrected chi connectivity index (χ4v) is 4.98. The predicted octanol–water partition coefficient (Wildman–Crippen LogP) is 3.91. The Morgan fingerprint density at radius 2 is 1.60 bits per heavy atom. The summed E-state index contributed by atoms with van der Waals surface area (Å²) in [5.74, 6) is -0.286. The Morgan fingerprint density at radius 3 is 2.26 bits per heavy atom. The van der Waals surface area contributed by atoms with E-state index in [0.717, 1.165) is 11.1 Å². The van der Waals surface area contributed by atoms with Crippen LogP contribution in [0.15, 0.2) is 71.9 Å². The van der Waals surface area contributed by atoms with Gasteiger partial charge in [-0.05, 0) is 36.6 Å². The van der Waals surface area contributed by atoms with Gasteiger partial charge in [0.25, 0.3) is 11.8 Å². The average Bonchev–Trinajstić information content (AvgIpc) is 3.29. The summed E-state index contributed by atoms with van der Waals surface area (Å²) >= 11 is 1.23. The molecule has 0 saturated heterocycles. The number of hydrogen-bond donors (Lipinski definition) is 0. The summed E-state index contributed by atoms with van der Waals surface area (Å²) < 4.78 is 6.86. The molecule has 3 aromatic carbocycles. The predicted molar refractivity (Wildman–Crippen MR) is 132 cm³/mol. The number of esters is 1. The Balaban J connectivity index is 1.42. The highest BCUT2D eigenvalue weighted by Crippen LogP contribution is 2.30. The number of benzene rings is 3. The molecule has 2 heterocycles. The monoisotopic (exact) mass is 486 g/mol. The molecule has 0 fully saturated rings. The van der Waals surface area contributed by atoms with Crippen LogP contribution in [0.4, 0.5) is 0 Å². The number of imide groups is 1. The molecule has 0 bridgehead atoms. The topological polar surface area (TPSA) is 94.4 Å². The first kappa shape index (κ1) is 22.8. The summed E-state index contributed by atoms with van der Waals surface area (Å²) in [6.45, 7) is 2.22.